The zero-order valence-corrected chi connectivity index (χ0v) is 30.2. The number of aromatic nitrogens is 6. The fourth-order valence-corrected chi connectivity index (χ4v) is 5.01. The van der Waals surface area contributed by atoms with Gasteiger partial charge in [-0.1, -0.05) is 29.3 Å². The van der Waals surface area contributed by atoms with Crippen LogP contribution in [0.25, 0.3) is 11.6 Å². The molecule has 0 saturated carbocycles. The van der Waals surface area contributed by atoms with Crippen molar-refractivity contribution in [2.75, 3.05) is 5.84 Å². The summed E-state index contributed by atoms with van der Waals surface area (Å²) in [5, 5.41) is 27.6. The quantitative estimate of drug-likeness (QED) is 0.0762. The van der Waals surface area contributed by atoms with E-state index in [0.717, 1.165) is 5.56 Å². The Morgan fingerprint density at radius 2 is 1.32 bits per heavy atom. The number of H-pyrrole nitrogens is 1. The van der Waals surface area contributed by atoms with Crippen LogP contribution in [-0.4, -0.2) is 33.7 Å². The van der Waals surface area contributed by atoms with Crippen LogP contribution in [0.5, 0.6) is 5.75 Å². The molecule has 18 nitrogen and oxygen atoms in total. The van der Waals surface area contributed by atoms with E-state index in [-0.39, 0.29) is 66.9 Å². The maximum absolute atomic E-state index is 12.7. The first-order valence-electron chi connectivity index (χ1n) is 14.8. The van der Waals surface area contributed by atoms with E-state index in [1.54, 1.807) is 30.1 Å². The van der Waals surface area contributed by atoms with E-state index < -0.39 is 51.2 Å². The smallest absolute Gasteiger partial charge is 0.404 e. The van der Waals surface area contributed by atoms with E-state index in [9.17, 15) is 55.6 Å². The summed E-state index contributed by atoms with van der Waals surface area (Å²) < 4.78 is 76.2. The van der Waals surface area contributed by atoms with Gasteiger partial charge in [-0.2, -0.15) is 42.8 Å². The molecule has 0 amide bonds. The third-order valence-corrected chi connectivity index (χ3v) is 7.65. The van der Waals surface area contributed by atoms with Crippen LogP contribution in [0, 0.1) is 53.5 Å². The molecule has 0 spiro atoms. The number of nitrogens with two attached hydrogens (primary N) is 2. The van der Waals surface area contributed by atoms with Gasteiger partial charge in [-0.25, -0.2) is 33.4 Å². The lowest BCUT2D eigenvalue weighted by Gasteiger charge is -2.13. The lowest BCUT2D eigenvalue weighted by molar-refractivity contribution is -0.386. The Hall–Kier alpha value is -7.02. The van der Waals surface area contributed by atoms with E-state index in [2.05, 4.69) is 14.8 Å². The number of hydrogen-bond acceptors (Lipinski definition) is 13. The van der Waals surface area contributed by atoms with E-state index in [4.69, 9.17) is 45.5 Å². The van der Waals surface area contributed by atoms with E-state index >= 15 is 0 Å². The fourth-order valence-electron chi connectivity index (χ4n) is 4.45. The van der Waals surface area contributed by atoms with Crippen LogP contribution >= 0.6 is 23.2 Å². The maximum atomic E-state index is 12.7. The number of nitriles is 2. The Balaban J connectivity index is 0.000000240. The number of benzene rings is 1. The number of nitrogens with one attached hydrogen (secondary N) is 1. The van der Waals surface area contributed by atoms with Crippen LogP contribution in [0.4, 0.5) is 32.0 Å². The number of alkyl halides is 6. The van der Waals surface area contributed by atoms with Crippen molar-refractivity contribution < 1.29 is 36.1 Å². The van der Waals surface area contributed by atoms with Gasteiger partial charge in [0.15, 0.2) is 5.69 Å². The number of pyridine rings is 2. The molecule has 4 heterocycles. The van der Waals surface area contributed by atoms with Crippen molar-refractivity contribution >= 4 is 28.9 Å². The molecule has 26 heteroatoms. The number of aryl methyl sites for hydroxylation is 3. The third-order valence-electron chi connectivity index (χ3n) is 7.10. The van der Waals surface area contributed by atoms with Gasteiger partial charge in [-0.05, 0) is 55.7 Å². The van der Waals surface area contributed by atoms with Gasteiger partial charge >= 0.3 is 29.4 Å². The summed E-state index contributed by atoms with van der Waals surface area (Å²) in [5.41, 5.74) is -6.97. The van der Waals surface area contributed by atoms with Crippen LogP contribution in [0.15, 0.2) is 61.6 Å². The van der Waals surface area contributed by atoms with Crippen molar-refractivity contribution in [2.45, 2.75) is 33.1 Å². The zero-order chi connectivity index (χ0) is 43.3. The van der Waals surface area contributed by atoms with Gasteiger partial charge in [-0.15, -0.1) is 0 Å². The van der Waals surface area contributed by atoms with Gasteiger partial charge in [0.2, 0.25) is 5.75 Å². The number of nitro benzene ring substituents is 1. The molecule has 0 radical (unpaired) electrons. The van der Waals surface area contributed by atoms with Gasteiger partial charge < -0.3 is 15.7 Å². The minimum atomic E-state index is -4.97. The highest BCUT2D eigenvalue weighted by Crippen LogP contribution is 2.28. The van der Waals surface area contributed by atoms with Gasteiger partial charge in [0, 0.05) is 18.2 Å². The number of nitro groups is 1. The highest BCUT2D eigenvalue weighted by molar-refractivity contribution is 6.31. The largest absolute Gasteiger partial charge is 0.433 e. The number of nitrogens with zero attached hydrogens (tertiary/aromatic N) is 8. The summed E-state index contributed by atoms with van der Waals surface area (Å²) in [7, 11) is 0. The summed E-state index contributed by atoms with van der Waals surface area (Å²) >= 11 is 11.5. The molecule has 0 fully saturated rings. The fraction of sp³-hybridized carbons (Fsp3) is 0.161. The molecule has 0 aliphatic rings. The highest BCUT2D eigenvalue weighted by atomic mass is 35.5. The van der Waals surface area contributed by atoms with E-state index in [1.807, 2.05) is 0 Å². The van der Waals surface area contributed by atoms with Crippen LogP contribution in [-0.2, 0) is 12.4 Å². The number of hydrogen-bond donors (Lipinski definition) is 3. The molecule has 5 rings (SSSR count). The SMILES string of the molecule is Cc1cc(-n2c(=O)cc(C(F)(F)F)[nH]c2=O)nc(Cl)c1C#N.Cc1cc(-n2c(=O)cc(C(F)(F)F)n(N)c2=O)nc(Cl)c1C#N.Cc1ccc(ON)c([N+](=O)[O-])c1. The van der Waals surface area contributed by atoms with Crippen molar-refractivity contribution in [3.05, 3.63) is 144 Å². The first-order chi connectivity index (χ1) is 26.4. The predicted octanol–water partition coefficient (Wildman–Crippen LogP) is 3.89. The average Bonchev–Trinajstić information content (AvgIpc) is 3.09. The predicted molar refractivity (Wildman–Crippen MR) is 186 cm³/mol. The van der Waals surface area contributed by atoms with Gasteiger partial charge in [-0.3, -0.25) is 19.7 Å². The number of aromatic amines is 1. The lowest BCUT2D eigenvalue weighted by atomic mass is 10.2. The molecule has 0 atom stereocenters. The second-order valence-electron chi connectivity index (χ2n) is 11.0. The summed E-state index contributed by atoms with van der Waals surface area (Å²) in [6, 6.07) is 10.9. The van der Waals surface area contributed by atoms with Crippen molar-refractivity contribution in [3.8, 4) is 29.5 Å². The standard InChI is InChI=1S/C12H7ClF3N5O2.C12H6ClF3N4O2.C7H8N2O3/c1-5-2-8(19-10(13)6(5)4-17)20-9(22)3-7(12(14,15)16)21(18)11(20)23;1-5-2-8(19-10(13)6(5)4-17)20-9(21)3-7(12(14,15)16)18-11(20)22;1-5-2-3-7(12-8)6(4-5)9(10)11/h2-3H,18H2,1H3;2-3H,1H3,(H,18,22);2-4H,8H2,1H3. The lowest BCUT2D eigenvalue weighted by Crippen LogP contribution is -2.45. The third kappa shape index (κ3) is 10.00. The van der Waals surface area contributed by atoms with Crippen molar-refractivity contribution in [1.29, 1.82) is 10.5 Å². The highest BCUT2D eigenvalue weighted by Gasteiger charge is 2.36. The molecule has 5 N–H and O–H groups in total. The second kappa shape index (κ2) is 17.2. The molecule has 0 aliphatic heterocycles. The van der Waals surface area contributed by atoms with Crippen LogP contribution in [0.2, 0.25) is 10.3 Å². The minimum absolute atomic E-state index is 0.0171. The van der Waals surface area contributed by atoms with Gasteiger partial charge in [0.05, 0.1) is 16.1 Å². The number of nitrogen functional groups attached to an aromatic ring is 1. The molecule has 1 aromatic carbocycles. The zero-order valence-electron chi connectivity index (χ0n) is 28.7. The van der Waals surface area contributed by atoms with Crippen LogP contribution < -0.4 is 39.1 Å². The molecule has 0 saturated heterocycles. The maximum Gasteiger partial charge on any atom is 0.433 e. The summed E-state index contributed by atoms with van der Waals surface area (Å²) in [6.07, 6.45) is -9.83. The van der Waals surface area contributed by atoms with Crippen molar-refractivity contribution in [1.82, 2.24) is 28.8 Å². The Bertz CT molecular complexity index is 2650. The Kier molecular flexibility index (Phi) is 13.4. The second-order valence-corrected chi connectivity index (χ2v) is 11.7. The Morgan fingerprint density at radius 1 is 0.825 bits per heavy atom. The molecule has 0 unspecified atom stereocenters. The van der Waals surface area contributed by atoms with E-state index in [1.165, 1.54) is 38.1 Å². The Labute approximate surface area is 322 Å². The van der Waals surface area contributed by atoms with Crippen LogP contribution in [0.3, 0.4) is 0 Å². The van der Waals surface area contributed by atoms with Crippen molar-refractivity contribution in [3.63, 3.8) is 0 Å². The topological polar surface area (TPSA) is 277 Å². The first kappa shape index (κ1) is 44.4. The molecule has 0 bridgehead atoms. The summed E-state index contributed by atoms with van der Waals surface area (Å²) in [5.74, 6) is 9.41. The number of halogens is 8. The molecule has 4 aromatic heterocycles. The van der Waals surface area contributed by atoms with Gasteiger partial charge in [0.1, 0.15) is 39.8 Å². The summed E-state index contributed by atoms with van der Waals surface area (Å²) in [6.45, 7) is 4.71. The summed E-state index contributed by atoms with van der Waals surface area (Å²) in [4.78, 5) is 70.5. The van der Waals surface area contributed by atoms with E-state index in [0.29, 0.717) is 14.7 Å². The molecule has 57 heavy (non-hydrogen) atoms. The molecule has 298 valence electrons. The monoisotopic (exact) mass is 843 g/mol. The average molecular weight is 844 g/mol. The van der Waals surface area contributed by atoms with Crippen molar-refractivity contribution in [2.24, 2.45) is 5.90 Å². The van der Waals surface area contributed by atoms with Gasteiger partial charge in [0.25, 0.3) is 11.1 Å². The molecule has 5 aromatic rings. The minimum Gasteiger partial charge on any atom is -0.404 e. The normalized spacial score (nSPS) is 10.9. The Morgan fingerprint density at radius 3 is 1.72 bits per heavy atom. The molecular formula is C31H21Cl2F6N11O7. The molecule has 0 aliphatic carbocycles. The molecular weight excluding hydrogens is 823 g/mol. The number of rotatable bonds is 4. The first-order valence-corrected chi connectivity index (χ1v) is 15.5. The van der Waals surface area contributed by atoms with Crippen LogP contribution in [0.1, 0.15) is 39.2 Å².